The Labute approximate surface area is 191 Å². The lowest BCUT2D eigenvalue weighted by Gasteiger charge is -2.19. The highest BCUT2D eigenvalue weighted by Gasteiger charge is 2.24. The van der Waals surface area contributed by atoms with Gasteiger partial charge in [-0.05, 0) is 30.3 Å². The highest BCUT2D eigenvalue weighted by atomic mass is 35.5. The lowest BCUT2D eigenvalue weighted by molar-refractivity contribution is -0.119. The van der Waals surface area contributed by atoms with E-state index in [1.165, 1.54) is 16.4 Å². The van der Waals surface area contributed by atoms with E-state index < -0.39 is 28.5 Å². The van der Waals surface area contributed by atoms with Gasteiger partial charge >= 0.3 is 5.97 Å². The second-order valence-corrected chi connectivity index (χ2v) is 9.06. The molecule has 0 saturated carbocycles. The molecule has 0 aromatic heterocycles. The molecular weight excluding hydrogens is 460 g/mol. The van der Waals surface area contributed by atoms with Crippen LogP contribution in [0.1, 0.15) is 24.2 Å². The fraction of sp³-hybridized carbons (Fsp3) is 0.333. The van der Waals surface area contributed by atoms with Crippen LogP contribution in [-0.4, -0.2) is 57.5 Å². The number of sulfonamides is 1. The number of carbonyl (C=O) groups is 2. The highest BCUT2D eigenvalue weighted by molar-refractivity contribution is 7.89. The van der Waals surface area contributed by atoms with Crippen LogP contribution in [0.4, 0.5) is 5.69 Å². The van der Waals surface area contributed by atoms with Crippen molar-refractivity contribution in [2.75, 3.05) is 38.2 Å². The van der Waals surface area contributed by atoms with E-state index in [-0.39, 0.29) is 28.6 Å². The SMILES string of the molecule is CCN(CC)S(=O)(=O)c1ccc(Cl)c(C(=O)OCC(=O)Nc2ccc3c(c2)OCCO3)c1. The fourth-order valence-corrected chi connectivity index (χ4v) is 4.74. The third kappa shape index (κ3) is 5.32. The average molecular weight is 483 g/mol. The minimum atomic E-state index is -3.79. The summed E-state index contributed by atoms with van der Waals surface area (Å²) in [5, 5.41) is 2.61. The second-order valence-electron chi connectivity index (χ2n) is 6.71. The summed E-state index contributed by atoms with van der Waals surface area (Å²) in [6, 6.07) is 8.68. The Hall–Kier alpha value is -2.82. The van der Waals surface area contributed by atoms with Crippen molar-refractivity contribution in [1.29, 1.82) is 0 Å². The topological polar surface area (TPSA) is 111 Å². The molecule has 2 aromatic carbocycles. The molecule has 0 saturated heterocycles. The molecule has 0 radical (unpaired) electrons. The van der Waals surface area contributed by atoms with Gasteiger partial charge in [0.05, 0.1) is 15.5 Å². The van der Waals surface area contributed by atoms with Crippen LogP contribution < -0.4 is 14.8 Å². The summed E-state index contributed by atoms with van der Waals surface area (Å²) in [6.07, 6.45) is 0. The van der Waals surface area contributed by atoms with Gasteiger partial charge in [-0.1, -0.05) is 25.4 Å². The number of benzene rings is 2. The number of anilines is 1. The zero-order chi connectivity index (χ0) is 23.3. The van der Waals surface area contributed by atoms with Gasteiger partial charge in [0.15, 0.2) is 18.1 Å². The summed E-state index contributed by atoms with van der Waals surface area (Å²) in [6.45, 7) is 4.26. The molecule has 172 valence electrons. The zero-order valence-corrected chi connectivity index (χ0v) is 19.2. The highest BCUT2D eigenvalue weighted by Crippen LogP contribution is 2.32. The molecule has 0 atom stereocenters. The molecule has 9 nitrogen and oxygen atoms in total. The summed E-state index contributed by atoms with van der Waals surface area (Å²) in [5.74, 6) is -0.416. The first-order valence-electron chi connectivity index (χ1n) is 9.92. The number of rotatable bonds is 8. The van der Waals surface area contributed by atoms with Crippen molar-refractivity contribution in [3.63, 3.8) is 0 Å². The Morgan fingerprint density at radius 1 is 1.06 bits per heavy atom. The molecule has 11 heteroatoms. The van der Waals surface area contributed by atoms with E-state index in [4.69, 9.17) is 25.8 Å². The Balaban J connectivity index is 1.66. The van der Waals surface area contributed by atoms with Crippen molar-refractivity contribution < 1.29 is 32.2 Å². The van der Waals surface area contributed by atoms with E-state index >= 15 is 0 Å². The summed E-state index contributed by atoms with van der Waals surface area (Å²) in [5.41, 5.74) is 0.299. The zero-order valence-electron chi connectivity index (χ0n) is 17.6. The molecule has 1 heterocycles. The van der Waals surface area contributed by atoms with E-state index in [1.807, 2.05) is 0 Å². The van der Waals surface area contributed by atoms with Crippen LogP contribution in [0.15, 0.2) is 41.3 Å². The third-order valence-corrected chi connectivity index (χ3v) is 7.04. The van der Waals surface area contributed by atoms with E-state index in [0.29, 0.717) is 30.4 Å². The maximum atomic E-state index is 12.7. The third-order valence-electron chi connectivity index (χ3n) is 4.66. The molecule has 0 bridgehead atoms. The number of esters is 1. The number of amides is 1. The predicted octanol–water partition coefficient (Wildman–Crippen LogP) is 2.94. The molecule has 0 fully saturated rings. The van der Waals surface area contributed by atoms with Crippen LogP contribution in [0.25, 0.3) is 0 Å². The van der Waals surface area contributed by atoms with Gasteiger partial charge in [0, 0.05) is 24.8 Å². The predicted molar refractivity (Wildman–Crippen MR) is 118 cm³/mol. The Kier molecular flexibility index (Phi) is 7.60. The molecule has 1 amide bonds. The van der Waals surface area contributed by atoms with Crippen LogP contribution in [0.3, 0.4) is 0 Å². The van der Waals surface area contributed by atoms with Crippen molar-refractivity contribution >= 4 is 39.2 Å². The number of hydrogen-bond donors (Lipinski definition) is 1. The van der Waals surface area contributed by atoms with Gasteiger partial charge in [-0.25, -0.2) is 13.2 Å². The van der Waals surface area contributed by atoms with Crippen molar-refractivity contribution in [2.45, 2.75) is 18.7 Å². The van der Waals surface area contributed by atoms with Gasteiger partial charge in [0.1, 0.15) is 13.2 Å². The number of halogens is 1. The van der Waals surface area contributed by atoms with Gasteiger partial charge < -0.3 is 19.5 Å². The number of hydrogen-bond acceptors (Lipinski definition) is 7. The molecule has 0 unspecified atom stereocenters. The van der Waals surface area contributed by atoms with Gasteiger partial charge in [0.25, 0.3) is 5.91 Å². The van der Waals surface area contributed by atoms with Crippen molar-refractivity contribution in [3.8, 4) is 11.5 Å². The first kappa shape index (κ1) is 23.8. The summed E-state index contributed by atoms with van der Waals surface area (Å²) in [7, 11) is -3.79. The molecule has 0 aliphatic carbocycles. The summed E-state index contributed by atoms with van der Waals surface area (Å²) < 4.78 is 42.6. The molecule has 1 aliphatic heterocycles. The molecule has 0 spiro atoms. The van der Waals surface area contributed by atoms with E-state index in [0.717, 1.165) is 6.07 Å². The van der Waals surface area contributed by atoms with Crippen LogP contribution in [-0.2, 0) is 19.6 Å². The Bertz CT molecular complexity index is 1120. The minimum Gasteiger partial charge on any atom is -0.486 e. The molecule has 32 heavy (non-hydrogen) atoms. The van der Waals surface area contributed by atoms with Gasteiger partial charge in [0.2, 0.25) is 10.0 Å². The summed E-state index contributed by atoms with van der Waals surface area (Å²) in [4.78, 5) is 24.6. The lowest BCUT2D eigenvalue weighted by Crippen LogP contribution is -2.30. The standard InChI is InChI=1S/C21H23ClN2O7S/c1-3-24(4-2)32(27,28)15-6-7-17(22)16(12-15)21(26)31-13-20(25)23-14-5-8-18-19(11-14)30-10-9-29-18/h5-8,11-12H,3-4,9-10,13H2,1-2H3,(H,23,25). The second kappa shape index (κ2) is 10.2. The first-order chi connectivity index (χ1) is 15.3. The van der Waals surface area contributed by atoms with Crippen molar-refractivity contribution in [1.82, 2.24) is 4.31 Å². The molecule has 2 aromatic rings. The minimum absolute atomic E-state index is 0.0146. The lowest BCUT2D eigenvalue weighted by atomic mass is 10.2. The maximum Gasteiger partial charge on any atom is 0.340 e. The number of carbonyl (C=O) groups excluding carboxylic acids is 2. The molecule has 1 aliphatic rings. The Morgan fingerprint density at radius 3 is 2.44 bits per heavy atom. The average Bonchev–Trinajstić information content (AvgIpc) is 2.78. The van der Waals surface area contributed by atoms with Gasteiger partial charge in [-0.15, -0.1) is 0 Å². The van der Waals surface area contributed by atoms with Crippen molar-refractivity contribution in [3.05, 3.63) is 47.0 Å². The van der Waals surface area contributed by atoms with Crippen LogP contribution >= 0.6 is 11.6 Å². The van der Waals surface area contributed by atoms with Crippen LogP contribution in [0.2, 0.25) is 5.02 Å². The first-order valence-corrected chi connectivity index (χ1v) is 11.7. The monoisotopic (exact) mass is 482 g/mol. The fourth-order valence-electron chi connectivity index (χ4n) is 3.06. The number of nitrogens with one attached hydrogen (secondary N) is 1. The van der Waals surface area contributed by atoms with Crippen LogP contribution in [0, 0.1) is 0 Å². The smallest absolute Gasteiger partial charge is 0.340 e. The van der Waals surface area contributed by atoms with Gasteiger partial charge in [-0.2, -0.15) is 4.31 Å². The van der Waals surface area contributed by atoms with Gasteiger partial charge in [-0.3, -0.25) is 4.79 Å². The normalized spacial score (nSPS) is 13.0. The van der Waals surface area contributed by atoms with Crippen LogP contribution in [0.5, 0.6) is 11.5 Å². The number of fused-ring (bicyclic) bond motifs is 1. The van der Waals surface area contributed by atoms with Crippen molar-refractivity contribution in [2.24, 2.45) is 0 Å². The molecule has 3 rings (SSSR count). The molecular formula is C21H23ClN2O7S. The van der Waals surface area contributed by atoms with E-state index in [1.54, 1.807) is 32.0 Å². The quantitative estimate of drug-likeness (QED) is 0.576. The molecule has 1 N–H and O–H groups in total. The Morgan fingerprint density at radius 2 is 1.75 bits per heavy atom. The van der Waals surface area contributed by atoms with E-state index in [9.17, 15) is 18.0 Å². The largest absolute Gasteiger partial charge is 0.486 e. The maximum absolute atomic E-state index is 12.7. The number of nitrogens with zero attached hydrogens (tertiary/aromatic N) is 1. The van der Waals surface area contributed by atoms with E-state index in [2.05, 4.69) is 5.32 Å². The number of ether oxygens (including phenoxy) is 3. The summed E-state index contributed by atoms with van der Waals surface area (Å²) >= 11 is 6.07.